The van der Waals surface area contributed by atoms with Gasteiger partial charge in [-0.25, -0.2) is 53.3 Å². The maximum atomic E-state index is 13.6. The maximum absolute atomic E-state index is 13.6. The minimum absolute atomic E-state index is 0. The largest absolute Gasteiger partial charge is 0.494 e. The quantitative estimate of drug-likeness (QED) is 0.00522. The molecule has 0 aliphatic carbocycles. The van der Waals surface area contributed by atoms with Gasteiger partial charge in [0.15, 0.2) is 11.4 Å². The second kappa shape index (κ2) is 62.6. The number of carbonyl (C=O) groups is 9. The van der Waals surface area contributed by atoms with Crippen LogP contribution in [0.3, 0.4) is 0 Å². The first-order valence-electron chi connectivity index (χ1n) is 45.0. The number of anilines is 2. The molecule has 0 aliphatic heterocycles. The number of hydrogen-bond donors (Lipinski definition) is 2. The Labute approximate surface area is 786 Å². The zero-order valence-corrected chi connectivity index (χ0v) is 77.7. The van der Waals surface area contributed by atoms with E-state index in [9.17, 15) is 43.2 Å². The Balaban J connectivity index is 0.000000316. The summed E-state index contributed by atoms with van der Waals surface area (Å²) in [5.74, 6) is -1.13. The molecule has 0 aliphatic rings. The lowest BCUT2D eigenvalue weighted by Gasteiger charge is -2.16. The fourth-order valence-corrected chi connectivity index (χ4v) is 14.4. The van der Waals surface area contributed by atoms with Crippen LogP contribution in [0.5, 0.6) is 46.0 Å². The van der Waals surface area contributed by atoms with Crippen LogP contribution < -0.4 is 54.4 Å². The Bertz CT molecular complexity index is 5240. The number of thiazole rings is 2. The average molecular weight is 1860 g/mol. The molecule has 0 atom stereocenters. The highest BCUT2D eigenvalue weighted by atomic mass is 32.1. The molecule has 2 aromatic heterocycles. The number of fused-ring (bicyclic) bond motifs is 2. The second-order valence-corrected chi connectivity index (χ2v) is 32.1. The molecule has 706 valence electrons. The van der Waals surface area contributed by atoms with E-state index in [-0.39, 0.29) is 45.8 Å². The van der Waals surface area contributed by atoms with E-state index in [1.807, 2.05) is 35.3 Å². The van der Waals surface area contributed by atoms with Crippen LogP contribution in [0.4, 0.5) is 10.3 Å². The molecule has 29 heteroatoms. The van der Waals surface area contributed by atoms with Crippen LogP contribution in [0.1, 0.15) is 225 Å². The Morgan fingerprint density at radius 1 is 0.361 bits per heavy atom. The van der Waals surface area contributed by atoms with Crippen molar-refractivity contribution in [3.8, 4) is 46.0 Å². The molecule has 0 unspecified atom stereocenters. The molecule has 0 saturated carbocycles. The number of nitrogens with one attached hydrogen (secondary N) is 1. The van der Waals surface area contributed by atoms with Gasteiger partial charge in [0.2, 0.25) is 5.13 Å². The van der Waals surface area contributed by atoms with Crippen molar-refractivity contribution >= 4 is 114 Å². The Kier molecular flexibility index (Phi) is 50.1. The SMILES string of the molecule is C=CC(=O)OCCCCCCOc1ccc(C(=O)Oc2ccc(OC(=O)c3ccc(OCCCCCCOC(=O)C=C)cc3)c(/C=N/N(CCCCCC)c3nc4ccccc4s3)c2)cc1.C=CC(=O)OCCCCCCOc1ccc(C(=O)Oc2ccc(OC(=O)c3ccc(OCCCCCCOC(=O)C=C)cc3)c(C=O)c2)cc1.CCCCCCNc1nc2ccccc2s1.N. The van der Waals surface area contributed by atoms with Crippen molar-refractivity contribution in [2.75, 3.05) is 76.3 Å². The van der Waals surface area contributed by atoms with E-state index in [0.717, 1.165) is 185 Å². The molecule has 27 nitrogen and oxygen atoms in total. The molecule has 4 N–H and O–H groups in total. The number of hydrogen-bond acceptors (Lipinski definition) is 29. The van der Waals surface area contributed by atoms with Crippen LogP contribution in [0.2, 0.25) is 0 Å². The van der Waals surface area contributed by atoms with Gasteiger partial charge < -0.3 is 68.3 Å². The fourth-order valence-electron chi connectivity index (χ4n) is 12.6. The van der Waals surface area contributed by atoms with Gasteiger partial charge in [-0.3, -0.25) is 4.79 Å². The Morgan fingerprint density at radius 2 is 0.684 bits per heavy atom. The van der Waals surface area contributed by atoms with Gasteiger partial charge in [0.25, 0.3) is 0 Å². The lowest BCUT2D eigenvalue weighted by Crippen LogP contribution is -2.18. The number of hydrazone groups is 1. The summed E-state index contributed by atoms with van der Waals surface area (Å²) in [6, 6.07) is 51.5. The van der Waals surface area contributed by atoms with Crippen molar-refractivity contribution in [2.24, 2.45) is 5.10 Å². The molecule has 0 spiro atoms. The number of aromatic nitrogens is 2. The summed E-state index contributed by atoms with van der Waals surface area (Å²) in [6.45, 7) is 23.0. The molecule has 10 rings (SSSR count). The fraction of sp³-hybridized carbons (Fsp3) is 0.346. The molecular weight excluding hydrogens is 1730 g/mol. The summed E-state index contributed by atoms with van der Waals surface area (Å²) in [6.07, 6.45) is 29.7. The van der Waals surface area contributed by atoms with Crippen molar-refractivity contribution in [1.29, 1.82) is 0 Å². The van der Waals surface area contributed by atoms with Crippen molar-refractivity contribution in [3.05, 3.63) is 266 Å². The summed E-state index contributed by atoms with van der Waals surface area (Å²) in [5.41, 5.74) is 3.61. The van der Waals surface area contributed by atoms with Crippen molar-refractivity contribution in [2.45, 2.75) is 168 Å². The van der Waals surface area contributed by atoms with Gasteiger partial charge in [-0.1, -0.05) is 126 Å². The van der Waals surface area contributed by atoms with Crippen LogP contribution in [0.15, 0.2) is 238 Å². The number of carbonyl (C=O) groups excluding carboxylic acids is 9. The first kappa shape index (κ1) is 106. The highest BCUT2D eigenvalue weighted by molar-refractivity contribution is 7.22. The van der Waals surface area contributed by atoms with Gasteiger partial charge in [-0.05, 0) is 273 Å². The summed E-state index contributed by atoms with van der Waals surface area (Å²) in [7, 11) is 0. The molecule has 0 radical (unpaired) electrons. The van der Waals surface area contributed by atoms with Gasteiger partial charge in [0.1, 0.15) is 46.0 Å². The first-order chi connectivity index (χ1) is 64.5. The van der Waals surface area contributed by atoms with Crippen LogP contribution >= 0.6 is 22.7 Å². The van der Waals surface area contributed by atoms with E-state index >= 15 is 0 Å². The van der Waals surface area contributed by atoms with E-state index in [1.54, 1.807) is 144 Å². The van der Waals surface area contributed by atoms with E-state index in [0.29, 0.717) is 105 Å². The van der Waals surface area contributed by atoms with E-state index < -0.39 is 47.8 Å². The highest BCUT2D eigenvalue weighted by Crippen LogP contribution is 2.33. The molecule has 0 saturated heterocycles. The molecule has 0 fully saturated rings. The first-order valence-corrected chi connectivity index (χ1v) is 46.6. The van der Waals surface area contributed by atoms with Crippen LogP contribution in [0, 0.1) is 0 Å². The third-order valence-corrected chi connectivity index (χ3v) is 21.9. The summed E-state index contributed by atoms with van der Waals surface area (Å²) < 4.78 is 68.0. The number of rotatable bonds is 59. The van der Waals surface area contributed by atoms with E-state index in [1.165, 1.54) is 48.6 Å². The average Bonchev–Trinajstić information content (AvgIpc) is 1.69. The van der Waals surface area contributed by atoms with Gasteiger partial charge in [-0.15, -0.1) is 0 Å². The summed E-state index contributed by atoms with van der Waals surface area (Å²) in [5, 5.41) is 11.9. The van der Waals surface area contributed by atoms with E-state index in [4.69, 9.17) is 66.9 Å². The number of esters is 8. The predicted molar refractivity (Wildman–Crippen MR) is 520 cm³/mol. The molecule has 10 aromatic rings. The number of para-hydroxylation sites is 2. The zero-order chi connectivity index (χ0) is 94.0. The smallest absolute Gasteiger partial charge is 0.343 e. The molecular formula is C104H122N6O21S2. The molecule has 8 aromatic carbocycles. The van der Waals surface area contributed by atoms with E-state index in [2.05, 4.69) is 68.7 Å². The Hall–Kier alpha value is -13.6. The number of benzene rings is 8. The number of ether oxygens (including phenoxy) is 12. The minimum atomic E-state index is -0.671. The van der Waals surface area contributed by atoms with Crippen LogP contribution in [-0.4, -0.2) is 136 Å². The lowest BCUT2D eigenvalue weighted by atomic mass is 10.2. The van der Waals surface area contributed by atoms with Crippen molar-refractivity contribution in [3.63, 3.8) is 0 Å². The summed E-state index contributed by atoms with van der Waals surface area (Å²) >= 11 is 3.28. The number of aldehydes is 1. The van der Waals surface area contributed by atoms with Gasteiger partial charge in [-0.2, -0.15) is 5.10 Å². The standard InChI is InChI=1S/C52H59N3O10S.C39H42O11.C13H18N2S.H3N/c1-4-7-8-15-32-55(52-54-45-20-13-14-21-47(45)66-52)53-38-41-37-44(64-50(58)39-22-26-42(27-23-39)60-33-16-9-11-18-35-62-48(56)5-2)30-31-46(41)65-51(59)40-24-28-43(29-25-40)61-34-17-10-12-19-36-63-49(57)6-3;1-3-36(41)47-25-11-7-5-9-23-45-32-17-13-29(14-18-32)38(43)49-34-21-22-35(31(27-34)28-40)50-39(44)30-15-19-33(20-16-30)46-24-10-6-8-12-26-48-37(42)4-2;1-2-3-4-7-10-14-13-15-11-8-5-6-9-12(11)16-13;/h5-6,13-14,20-31,37-38H,2-4,7-12,15-19,32-36H2,1H3;3-4,13-22,27-28H,1-2,5-12,23-26H2;5-6,8-9H,2-4,7,10H2,1H3,(H,14,15);1H3/b53-38+;;;. The highest BCUT2D eigenvalue weighted by Gasteiger charge is 2.20. The molecule has 0 bridgehead atoms. The normalized spacial score (nSPS) is 10.6. The van der Waals surface area contributed by atoms with Gasteiger partial charge in [0.05, 0.1) is 107 Å². The topological polar surface area (TPSA) is 353 Å². The van der Waals surface area contributed by atoms with Crippen molar-refractivity contribution in [1.82, 2.24) is 16.1 Å². The maximum Gasteiger partial charge on any atom is 0.343 e. The minimum Gasteiger partial charge on any atom is -0.494 e. The zero-order valence-electron chi connectivity index (χ0n) is 76.0. The number of nitrogens with zero attached hydrogens (tertiary/aromatic N) is 4. The van der Waals surface area contributed by atoms with Crippen LogP contribution in [-0.2, 0) is 38.1 Å². The Morgan fingerprint density at radius 3 is 1.05 bits per heavy atom. The predicted octanol–water partition coefficient (Wildman–Crippen LogP) is 23.2. The van der Waals surface area contributed by atoms with Gasteiger partial charge >= 0.3 is 47.8 Å². The molecule has 2 heterocycles. The third-order valence-electron chi connectivity index (χ3n) is 19.8. The molecule has 0 amide bonds. The summed E-state index contributed by atoms with van der Waals surface area (Å²) in [4.78, 5) is 118. The van der Waals surface area contributed by atoms with Gasteiger partial charge in [0, 0.05) is 43.0 Å². The third kappa shape index (κ3) is 40.7. The second-order valence-electron chi connectivity index (χ2n) is 30.1. The number of unbranched alkanes of at least 4 members (excludes halogenated alkanes) is 18. The van der Waals surface area contributed by atoms with Crippen LogP contribution in [0.25, 0.3) is 20.4 Å². The monoisotopic (exact) mass is 1850 g/mol. The van der Waals surface area contributed by atoms with Crippen molar-refractivity contribution < 1.29 is 100.0 Å². The molecule has 133 heavy (non-hydrogen) atoms. The lowest BCUT2D eigenvalue weighted by molar-refractivity contribution is -0.138.